The number of thiazole rings is 1. The predicted octanol–water partition coefficient (Wildman–Crippen LogP) is 3.01. The van der Waals surface area contributed by atoms with Crippen molar-refractivity contribution in [1.29, 1.82) is 0 Å². The van der Waals surface area contributed by atoms with Gasteiger partial charge in [-0.3, -0.25) is 9.69 Å². The van der Waals surface area contributed by atoms with Gasteiger partial charge in [-0.1, -0.05) is 22.0 Å². The summed E-state index contributed by atoms with van der Waals surface area (Å²) in [6.45, 7) is 1.72. The van der Waals surface area contributed by atoms with Crippen LogP contribution in [0.5, 0.6) is 0 Å². The SMILES string of the molecule is C[C@]1(c2ccc(F)cc2Br)NC(=O)N(Cc2cscn2)C1=O. The highest BCUT2D eigenvalue weighted by atomic mass is 79.9. The van der Waals surface area contributed by atoms with Crippen molar-refractivity contribution < 1.29 is 14.0 Å². The van der Waals surface area contributed by atoms with Gasteiger partial charge in [-0.05, 0) is 19.1 Å². The molecule has 2 heterocycles. The Morgan fingerprint density at radius 2 is 2.23 bits per heavy atom. The number of halogens is 2. The average Bonchev–Trinajstić information content (AvgIpc) is 3.02. The third-order valence-electron chi connectivity index (χ3n) is 3.55. The number of hydrogen-bond acceptors (Lipinski definition) is 4. The first-order chi connectivity index (χ1) is 10.4. The highest BCUT2D eigenvalue weighted by molar-refractivity contribution is 9.10. The quantitative estimate of drug-likeness (QED) is 0.828. The van der Waals surface area contributed by atoms with Gasteiger partial charge in [0.05, 0.1) is 17.7 Å². The number of hydrogen-bond donors (Lipinski definition) is 1. The zero-order chi connectivity index (χ0) is 15.9. The summed E-state index contributed by atoms with van der Waals surface area (Å²) in [6, 6.07) is 3.53. The molecule has 22 heavy (non-hydrogen) atoms. The first kappa shape index (κ1) is 15.1. The number of benzene rings is 1. The third kappa shape index (κ3) is 2.42. The fraction of sp³-hybridized carbons (Fsp3) is 0.214. The van der Waals surface area contributed by atoms with E-state index in [1.807, 2.05) is 0 Å². The average molecular weight is 384 g/mol. The summed E-state index contributed by atoms with van der Waals surface area (Å²) >= 11 is 4.64. The minimum Gasteiger partial charge on any atom is -0.319 e. The number of rotatable bonds is 3. The minimum atomic E-state index is -1.24. The summed E-state index contributed by atoms with van der Waals surface area (Å²) in [5, 5.41) is 4.46. The maximum Gasteiger partial charge on any atom is 0.325 e. The van der Waals surface area contributed by atoms with Gasteiger partial charge in [-0.25, -0.2) is 14.2 Å². The molecule has 3 rings (SSSR count). The molecule has 1 N–H and O–H groups in total. The molecule has 2 aromatic rings. The van der Waals surface area contributed by atoms with Crippen LogP contribution in [0.25, 0.3) is 0 Å². The van der Waals surface area contributed by atoms with Crippen LogP contribution in [0.3, 0.4) is 0 Å². The Hall–Kier alpha value is -1.80. The topological polar surface area (TPSA) is 62.3 Å². The normalized spacial score (nSPS) is 21.3. The van der Waals surface area contributed by atoms with Crippen LogP contribution < -0.4 is 5.32 Å². The van der Waals surface area contributed by atoms with Crippen LogP contribution >= 0.6 is 27.3 Å². The number of imide groups is 1. The number of nitrogens with one attached hydrogen (secondary N) is 1. The van der Waals surface area contributed by atoms with Crippen molar-refractivity contribution in [3.8, 4) is 0 Å². The standard InChI is InChI=1S/C14H11BrFN3O2S/c1-14(10-3-2-8(16)4-11(10)15)12(20)19(13(21)18-14)5-9-6-22-7-17-9/h2-4,6-7H,5H2,1H3,(H,18,21)/t14-/m1/s1. The highest BCUT2D eigenvalue weighted by Crippen LogP contribution is 2.34. The first-order valence-electron chi connectivity index (χ1n) is 6.38. The zero-order valence-electron chi connectivity index (χ0n) is 11.5. The van der Waals surface area contributed by atoms with Crippen molar-refractivity contribution in [2.45, 2.75) is 19.0 Å². The summed E-state index contributed by atoms with van der Waals surface area (Å²) in [6.07, 6.45) is 0. The van der Waals surface area contributed by atoms with Crippen LogP contribution in [0.4, 0.5) is 9.18 Å². The van der Waals surface area contributed by atoms with Gasteiger partial charge in [0, 0.05) is 15.4 Å². The number of carbonyl (C=O) groups is 2. The molecule has 0 spiro atoms. The van der Waals surface area contributed by atoms with Gasteiger partial charge in [-0.2, -0.15) is 0 Å². The second-order valence-electron chi connectivity index (χ2n) is 5.05. The molecule has 114 valence electrons. The van der Waals surface area contributed by atoms with Crippen molar-refractivity contribution in [1.82, 2.24) is 15.2 Å². The molecular weight excluding hydrogens is 373 g/mol. The lowest BCUT2D eigenvalue weighted by Crippen LogP contribution is -2.41. The van der Waals surface area contributed by atoms with Gasteiger partial charge in [0.1, 0.15) is 11.4 Å². The second-order valence-corrected chi connectivity index (χ2v) is 6.62. The van der Waals surface area contributed by atoms with Crippen LogP contribution in [-0.4, -0.2) is 21.8 Å². The molecule has 1 aliphatic heterocycles. The summed E-state index contributed by atoms with van der Waals surface area (Å²) in [4.78, 5) is 30.1. The molecule has 0 bridgehead atoms. The van der Waals surface area contributed by atoms with Gasteiger partial charge >= 0.3 is 6.03 Å². The van der Waals surface area contributed by atoms with E-state index in [-0.39, 0.29) is 6.54 Å². The van der Waals surface area contributed by atoms with Crippen molar-refractivity contribution >= 4 is 39.2 Å². The fourth-order valence-corrected chi connectivity index (χ4v) is 3.69. The Bertz CT molecular complexity index is 753. The van der Waals surface area contributed by atoms with Gasteiger partial charge in [-0.15, -0.1) is 11.3 Å². The molecule has 1 aromatic heterocycles. The number of urea groups is 1. The highest BCUT2D eigenvalue weighted by Gasteiger charge is 2.49. The maximum atomic E-state index is 13.2. The summed E-state index contributed by atoms with van der Waals surface area (Å²) in [5.74, 6) is -0.812. The van der Waals surface area contributed by atoms with Crippen molar-refractivity contribution in [2.75, 3.05) is 0 Å². The van der Waals surface area contributed by atoms with E-state index in [4.69, 9.17) is 0 Å². The number of carbonyl (C=O) groups excluding carboxylic acids is 2. The van der Waals surface area contributed by atoms with Crippen molar-refractivity contribution in [3.63, 3.8) is 0 Å². The summed E-state index contributed by atoms with van der Waals surface area (Å²) < 4.78 is 13.7. The molecule has 1 saturated heterocycles. The van der Waals surface area contributed by atoms with E-state index in [1.54, 1.807) is 17.8 Å². The van der Waals surface area contributed by atoms with Crippen LogP contribution in [0.15, 0.2) is 33.6 Å². The van der Waals surface area contributed by atoms with Gasteiger partial charge in [0.25, 0.3) is 5.91 Å². The molecule has 1 fully saturated rings. The molecule has 0 unspecified atom stereocenters. The lowest BCUT2D eigenvalue weighted by Gasteiger charge is -2.23. The molecule has 3 amide bonds. The van der Waals surface area contributed by atoms with E-state index in [2.05, 4.69) is 26.2 Å². The smallest absolute Gasteiger partial charge is 0.319 e. The number of aromatic nitrogens is 1. The summed E-state index contributed by atoms with van der Waals surface area (Å²) in [7, 11) is 0. The van der Waals surface area contributed by atoms with E-state index in [0.29, 0.717) is 15.7 Å². The lowest BCUT2D eigenvalue weighted by molar-refractivity contribution is -0.131. The molecule has 1 atom stereocenters. The molecular formula is C14H11BrFN3O2S. The molecule has 1 aliphatic rings. The Kier molecular flexibility index (Phi) is 3.73. The van der Waals surface area contributed by atoms with Gasteiger partial charge < -0.3 is 5.32 Å². The Morgan fingerprint density at radius 3 is 2.86 bits per heavy atom. The minimum absolute atomic E-state index is 0.114. The van der Waals surface area contributed by atoms with Crippen LogP contribution in [0, 0.1) is 5.82 Å². The third-order valence-corrected chi connectivity index (χ3v) is 4.84. The van der Waals surface area contributed by atoms with E-state index < -0.39 is 23.3 Å². The Balaban J connectivity index is 1.95. The van der Waals surface area contributed by atoms with Gasteiger partial charge in [0.2, 0.25) is 0 Å². The molecule has 0 radical (unpaired) electrons. The van der Waals surface area contributed by atoms with E-state index in [9.17, 15) is 14.0 Å². The monoisotopic (exact) mass is 383 g/mol. The summed E-state index contributed by atoms with van der Waals surface area (Å²) in [5.41, 5.74) is 1.56. The molecule has 0 saturated carbocycles. The van der Waals surface area contributed by atoms with Gasteiger partial charge in [0.15, 0.2) is 0 Å². The maximum absolute atomic E-state index is 13.2. The zero-order valence-corrected chi connectivity index (χ0v) is 13.9. The Morgan fingerprint density at radius 1 is 1.45 bits per heavy atom. The van der Waals surface area contributed by atoms with E-state index in [0.717, 1.165) is 4.90 Å². The fourth-order valence-electron chi connectivity index (χ4n) is 2.40. The number of amides is 3. The molecule has 5 nitrogen and oxygen atoms in total. The van der Waals surface area contributed by atoms with Crippen molar-refractivity contribution in [2.24, 2.45) is 0 Å². The van der Waals surface area contributed by atoms with Crippen LogP contribution in [0.1, 0.15) is 18.2 Å². The Labute approximate surface area is 138 Å². The first-order valence-corrected chi connectivity index (χ1v) is 8.12. The molecule has 8 heteroatoms. The predicted molar refractivity (Wildman–Crippen MR) is 82.6 cm³/mol. The lowest BCUT2D eigenvalue weighted by atomic mass is 9.92. The second kappa shape index (κ2) is 5.44. The molecule has 1 aromatic carbocycles. The van der Waals surface area contributed by atoms with E-state index in [1.165, 1.54) is 29.5 Å². The van der Waals surface area contributed by atoms with Crippen LogP contribution in [0.2, 0.25) is 0 Å². The largest absolute Gasteiger partial charge is 0.325 e. The van der Waals surface area contributed by atoms with Crippen molar-refractivity contribution in [3.05, 3.63) is 50.6 Å². The number of nitrogens with zero attached hydrogens (tertiary/aromatic N) is 2. The molecule has 0 aliphatic carbocycles. The van der Waals surface area contributed by atoms with Crippen LogP contribution in [-0.2, 0) is 16.9 Å². The van der Waals surface area contributed by atoms with E-state index >= 15 is 0 Å².